The number of aliphatic hydroxyl groups is 1. The maximum Gasteiger partial charge on any atom is 0.163 e. The van der Waals surface area contributed by atoms with E-state index in [0.29, 0.717) is 13.2 Å². The second-order valence-electron chi connectivity index (χ2n) is 5.31. The van der Waals surface area contributed by atoms with Crippen molar-refractivity contribution in [2.24, 2.45) is 0 Å². The number of anilines is 1. The van der Waals surface area contributed by atoms with Gasteiger partial charge in [-0.25, -0.2) is 0 Å². The normalized spacial score (nSPS) is 26.6. The van der Waals surface area contributed by atoms with Crippen molar-refractivity contribution in [3.05, 3.63) is 18.2 Å². The van der Waals surface area contributed by atoms with E-state index in [0.717, 1.165) is 42.9 Å². The third kappa shape index (κ3) is 2.95. The van der Waals surface area contributed by atoms with Crippen LogP contribution in [0.25, 0.3) is 0 Å². The zero-order chi connectivity index (χ0) is 13.1. The summed E-state index contributed by atoms with van der Waals surface area (Å²) in [5.41, 5.74) is 0.996. The number of rotatable bonds is 2. The van der Waals surface area contributed by atoms with Gasteiger partial charge in [-0.15, -0.1) is 0 Å². The molecule has 0 aromatic heterocycles. The van der Waals surface area contributed by atoms with Gasteiger partial charge in [0.2, 0.25) is 0 Å². The number of fused-ring (bicyclic) bond motifs is 1. The standard InChI is InChI=1S/C15H21NO3/c17-13-5-2-1-4-12(13)16-11-6-7-14-15(10-11)19-9-3-8-18-14/h6-7,10,12-13,16-17H,1-5,8-9H2. The second-order valence-corrected chi connectivity index (χ2v) is 5.31. The van der Waals surface area contributed by atoms with E-state index in [9.17, 15) is 5.11 Å². The third-order valence-electron chi connectivity index (χ3n) is 3.83. The summed E-state index contributed by atoms with van der Waals surface area (Å²) in [6.45, 7) is 1.41. The van der Waals surface area contributed by atoms with Gasteiger partial charge in [0.05, 0.1) is 25.4 Å². The lowest BCUT2D eigenvalue weighted by molar-refractivity contribution is 0.116. The molecule has 2 N–H and O–H groups in total. The molecule has 1 aromatic carbocycles. The summed E-state index contributed by atoms with van der Waals surface area (Å²) in [5, 5.41) is 13.4. The molecule has 19 heavy (non-hydrogen) atoms. The summed E-state index contributed by atoms with van der Waals surface area (Å²) >= 11 is 0. The zero-order valence-corrected chi connectivity index (χ0v) is 11.1. The molecule has 1 aliphatic carbocycles. The Balaban J connectivity index is 1.72. The first-order chi connectivity index (χ1) is 9.33. The first-order valence-corrected chi connectivity index (χ1v) is 7.17. The number of hydrogen-bond donors (Lipinski definition) is 2. The Labute approximate surface area is 113 Å². The second kappa shape index (κ2) is 5.70. The van der Waals surface area contributed by atoms with Gasteiger partial charge in [0.25, 0.3) is 0 Å². The van der Waals surface area contributed by atoms with E-state index in [-0.39, 0.29) is 12.1 Å². The van der Waals surface area contributed by atoms with Crippen molar-refractivity contribution in [1.82, 2.24) is 0 Å². The van der Waals surface area contributed by atoms with Crippen LogP contribution in [0.1, 0.15) is 32.1 Å². The minimum Gasteiger partial charge on any atom is -0.490 e. The molecule has 3 rings (SSSR count). The zero-order valence-electron chi connectivity index (χ0n) is 11.1. The average Bonchev–Trinajstić information content (AvgIpc) is 2.66. The molecule has 0 radical (unpaired) electrons. The van der Waals surface area contributed by atoms with Gasteiger partial charge in [-0.2, -0.15) is 0 Å². The number of aliphatic hydroxyl groups excluding tert-OH is 1. The van der Waals surface area contributed by atoms with Crippen molar-refractivity contribution in [3.63, 3.8) is 0 Å². The summed E-state index contributed by atoms with van der Waals surface area (Å²) in [6, 6.07) is 6.06. The molecule has 2 aliphatic rings. The Hall–Kier alpha value is -1.42. The van der Waals surface area contributed by atoms with Gasteiger partial charge < -0.3 is 19.9 Å². The van der Waals surface area contributed by atoms with E-state index in [1.165, 1.54) is 6.42 Å². The molecule has 4 heteroatoms. The van der Waals surface area contributed by atoms with Gasteiger partial charge >= 0.3 is 0 Å². The Morgan fingerprint density at radius 1 is 1.00 bits per heavy atom. The predicted octanol–water partition coefficient (Wildman–Crippen LogP) is 2.56. The molecule has 4 nitrogen and oxygen atoms in total. The highest BCUT2D eigenvalue weighted by molar-refractivity contribution is 5.55. The molecule has 2 unspecified atom stereocenters. The molecule has 0 bridgehead atoms. The maximum absolute atomic E-state index is 10.00. The van der Waals surface area contributed by atoms with Gasteiger partial charge in [-0.3, -0.25) is 0 Å². The van der Waals surface area contributed by atoms with E-state index in [1.807, 2.05) is 18.2 Å². The van der Waals surface area contributed by atoms with E-state index >= 15 is 0 Å². The van der Waals surface area contributed by atoms with Gasteiger partial charge in [0.1, 0.15) is 0 Å². The third-order valence-corrected chi connectivity index (χ3v) is 3.83. The van der Waals surface area contributed by atoms with Crippen LogP contribution in [0.4, 0.5) is 5.69 Å². The summed E-state index contributed by atoms with van der Waals surface area (Å²) in [4.78, 5) is 0. The summed E-state index contributed by atoms with van der Waals surface area (Å²) in [5.74, 6) is 1.61. The van der Waals surface area contributed by atoms with E-state index < -0.39 is 0 Å². The molecule has 1 aliphatic heterocycles. The van der Waals surface area contributed by atoms with E-state index in [1.54, 1.807) is 0 Å². The lowest BCUT2D eigenvalue weighted by atomic mass is 9.92. The number of nitrogens with one attached hydrogen (secondary N) is 1. The van der Waals surface area contributed by atoms with Crippen molar-refractivity contribution >= 4 is 5.69 Å². The molecule has 2 atom stereocenters. The summed E-state index contributed by atoms with van der Waals surface area (Å²) in [7, 11) is 0. The smallest absolute Gasteiger partial charge is 0.163 e. The Bertz CT molecular complexity index is 435. The molecule has 0 spiro atoms. The van der Waals surface area contributed by atoms with Crippen LogP contribution in [0.15, 0.2) is 18.2 Å². The highest BCUT2D eigenvalue weighted by Crippen LogP contribution is 2.33. The van der Waals surface area contributed by atoms with Crippen molar-refractivity contribution in [2.75, 3.05) is 18.5 Å². The Kier molecular flexibility index (Phi) is 3.78. The lowest BCUT2D eigenvalue weighted by Crippen LogP contribution is -2.36. The first kappa shape index (κ1) is 12.6. The predicted molar refractivity (Wildman–Crippen MR) is 73.9 cm³/mol. The highest BCUT2D eigenvalue weighted by atomic mass is 16.5. The molecule has 1 fully saturated rings. The van der Waals surface area contributed by atoms with E-state index in [4.69, 9.17) is 9.47 Å². The first-order valence-electron chi connectivity index (χ1n) is 7.17. The van der Waals surface area contributed by atoms with Crippen LogP contribution < -0.4 is 14.8 Å². The van der Waals surface area contributed by atoms with Crippen LogP contribution in [0, 0.1) is 0 Å². The van der Waals surface area contributed by atoms with Gasteiger partial charge in [0.15, 0.2) is 11.5 Å². The van der Waals surface area contributed by atoms with Crippen LogP contribution in [0.2, 0.25) is 0 Å². The topological polar surface area (TPSA) is 50.7 Å². The van der Waals surface area contributed by atoms with Gasteiger partial charge in [0, 0.05) is 18.2 Å². The fraction of sp³-hybridized carbons (Fsp3) is 0.600. The van der Waals surface area contributed by atoms with Crippen molar-refractivity contribution in [1.29, 1.82) is 0 Å². The molecular formula is C15H21NO3. The monoisotopic (exact) mass is 263 g/mol. The molecule has 1 saturated carbocycles. The minimum atomic E-state index is -0.246. The number of benzene rings is 1. The maximum atomic E-state index is 10.00. The van der Waals surface area contributed by atoms with Crippen molar-refractivity contribution in [2.45, 2.75) is 44.2 Å². The van der Waals surface area contributed by atoms with Gasteiger partial charge in [-0.05, 0) is 25.0 Å². The fourth-order valence-corrected chi connectivity index (χ4v) is 2.75. The van der Waals surface area contributed by atoms with Crippen LogP contribution in [-0.2, 0) is 0 Å². The Morgan fingerprint density at radius 2 is 1.79 bits per heavy atom. The van der Waals surface area contributed by atoms with Crippen LogP contribution in [0.3, 0.4) is 0 Å². The summed E-state index contributed by atoms with van der Waals surface area (Å²) < 4.78 is 11.3. The summed E-state index contributed by atoms with van der Waals surface area (Å²) in [6.07, 6.45) is 4.89. The largest absolute Gasteiger partial charge is 0.490 e. The van der Waals surface area contributed by atoms with Crippen LogP contribution in [-0.4, -0.2) is 30.5 Å². The van der Waals surface area contributed by atoms with Crippen molar-refractivity contribution < 1.29 is 14.6 Å². The fourth-order valence-electron chi connectivity index (χ4n) is 2.75. The van der Waals surface area contributed by atoms with Crippen molar-refractivity contribution in [3.8, 4) is 11.5 Å². The average molecular weight is 263 g/mol. The quantitative estimate of drug-likeness (QED) is 0.861. The van der Waals surface area contributed by atoms with Crippen LogP contribution >= 0.6 is 0 Å². The molecule has 0 saturated heterocycles. The van der Waals surface area contributed by atoms with Crippen LogP contribution in [0.5, 0.6) is 11.5 Å². The van der Waals surface area contributed by atoms with Gasteiger partial charge in [-0.1, -0.05) is 12.8 Å². The van der Waals surface area contributed by atoms with E-state index in [2.05, 4.69) is 5.32 Å². The minimum absolute atomic E-state index is 0.151. The molecular weight excluding hydrogens is 242 g/mol. The molecule has 1 aromatic rings. The SMILES string of the molecule is OC1CCCCC1Nc1ccc2c(c1)OCCCO2. The number of hydrogen-bond acceptors (Lipinski definition) is 4. The molecule has 1 heterocycles. The molecule has 0 amide bonds. The molecule has 104 valence electrons. The Morgan fingerprint density at radius 3 is 2.63 bits per heavy atom. The highest BCUT2D eigenvalue weighted by Gasteiger charge is 2.23. The lowest BCUT2D eigenvalue weighted by Gasteiger charge is -2.29. The number of ether oxygens (including phenoxy) is 2.